The molecule has 6 heavy (non-hydrogen) atoms. The van der Waals surface area contributed by atoms with E-state index in [4.69, 9.17) is 15.7 Å². The molecule has 0 heterocycles. The molecule has 36 valence electrons. The second-order valence-electron chi connectivity index (χ2n) is 0.398. The summed E-state index contributed by atoms with van der Waals surface area (Å²) in [6.07, 6.45) is 0. The Morgan fingerprint density at radius 2 is 2.00 bits per heavy atom. The Kier molecular flexibility index (Phi) is 45.3. The molecular weight excluding hydrogens is 84.0 g/mol. The molecule has 0 bridgehead atoms. The Morgan fingerprint density at radius 3 is 2.00 bits per heavy atom. The van der Waals surface area contributed by atoms with Crippen LogP contribution in [0.25, 0.3) is 5.14 Å². The van der Waals surface area contributed by atoms with Crippen molar-refractivity contribution in [2.45, 2.75) is 6.92 Å². The lowest BCUT2D eigenvalue weighted by molar-refractivity contribution is 0.318. The molecule has 0 rings (SSSR count). The van der Waals surface area contributed by atoms with Gasteiger partial charge < -0.3 is 10.3 Å². The molecule has 0 amide bonds. The lowest BCUT2D eigenvalue weighted by atomic mass is 10.9. The zero-order valence-electron chi connectivity index (χ0n) is 3.46. The van der Waals surface area contributed by atoms with Crippen LogP contribution in [0.2, 0.25) is 0 Å². The molecule has 0 atom stereocenters. The standard InChI is InChI=1S/C2H6O.N2O/c2*1-2-3/h3H,2H2,1H3;. The fourth-order valence-corrected chi connectivity index (χ4v) is 0. The number of diazo groups is 1. The highest BCUT2D eigenvalue weighted by atomic mass is 16.4. The predicted molar refractivity (Wildman–Crippen MR) is 21.2 cm³/mol. The van der Waals surface area contributed by atoms with E-state index in [2.05, 4.69) is 0 Å². The molecule has 0 unspecified atom stereocenters. The van der Waals surface area contributed by atoms with E-state index in [0.29, 0.717) is 0 Å². The van der Waals surface area contributed by atoms with Crippen molar-refractivity contribution < 1.29 is 5.11 Å². The minimum Gasteiger partial charge on any atom is -0.463 e. The lowest BCUT2D eigenvalue weighted by Gasteiger charge is -1.52. The molecule has 0 fully saturated rings. The normalized spacial score (nSPS) is 4.17. The van der Waals surface area contributed by atoms with Crippen LogP contribution in [0.1, 0.15) is 6.92 Å². The third-order valence-electron chi connectivity index (χ3n) is 0. The maximum absolute atomic E-state index is 8.11. The van der Waals surface area contributed by atoms with Crippen molar-refractivity contribution in [3.8, 4) is 0 Å². The molecule has 0 aliphatic heterocycles. The van der Waals surface area contributed by atoms with Crippen LogP contribution in [-0.4, -0.2) is 11.7 Å². The van der Waals surface area contributed by atoms with Gasteiger partial charge in [-0.2, -0.15) is 0 Å². The predicted octanol–water partition coefficient (Wildman–Crippen LogP) is 0.336. The fourth-order valence-electron chi connectivity index (χ4n) is 0. The van der Waals surface area contributed by atoms with E-state index in [-0.39, 0.29) is 6.61 Å². The van der Waals surface area contributed by atoms with Crippen LogP contribution < -0.4 is 0 Å². The van der Waals surface area contributed by atoms with Gasteiger partial charge in [-0.1, -0.05) is 0 Å². The summed E-state index contributed by atoms with van der Waals surface area (Å²) in [5.74, 6) is 0. The first-order valence-corrected chi connectivity index (χ1v) is 1.41. The molecule has 0 saturated carbocycles. The third kappa shape index (κ3) is 22.5. The highest BCUT2D eigenvalue weighted by Crippen LogP contribution is 1.32. The summed E-state index contributed by atoms with van der Waals surface area (Å²) in [6, 6.07) is 0. The molecule has 0 spiro atoms. The monoisotopic (exact) mass is 90.0 g/mol. The van der Waals surface area contributed by atoms with Gasteiger partial charge in [0.2, 0.25) is 10.5 Å². The average Bonchev–Trinajstić information content (AvgIpc) is 1.39. The Balaban J connectivity index is 0. The smallest absolute Gasteiger partial charge is 0.237 e. The summed E-state index contributed by atoms with van der Waals surface area (Å²) in [5.41, 5.74) is 0. The van der Waals surface area contributed by atoms with Crippen LogP contribution in [0, 0.1) is 10.6 Å². The average molecular weight is 90.1 g/mol. The van der Waals surface area contributed by atoms with Gasteiger partial charge in [0.25, 0.3) is 0 Å². The van der Waals surface area contributed by atoms with Crippen LogP contribution in [0.3, 0.4) is 0 Å². The number of aliphatic hydroxyl groups excluding tert-OH is 1. The van der Waals surface area contributed by atoms with Gasteiger partial charge in [0.15, 0.2) is 0 Å². The topological polar surface area (TPSA) is 71.4 Å². The van der Waals surface area contributed by atoms with Gasteiger partial charge in [-0.05, 0) is 6.92 Å². The number of rotatable bonds is 0. The minimum absolute atomic E-state index is 0.250. The number of hydrogen-bond donors (Lipinski definition) is 1. The third-order valence-corrected chi connectivity index (χ3v) is 0. The number of hydrogen-bond acceptors (Lipinski definition) is 3. The number of nitrogens with zero attached hydrogens (tertiary/aromatic N) is 2. The van der Waals surface area contributed by atoms with Gasteiger partial charge >= 0.3 is 0 Å². The first-order valence-electron chi connectivity index (χ1n) is 1.41. The van der Waals surface area contributed by atoms with Crippen LogP contribution in [0.15, 0.2) is 0 Å². The summed E-state index contributed by atoms with van der Waals surface area (Å²) in [7, 11) is 0. The van der Waals surface area contributed by atoms with Gasteiger partial charge in [-0.25, -0.2) is 0 Å². The van der Waals surface area contributed by atoms with Crippen LogP contribution in [-0.2, 0) is 0 Å². The molecule has 1 N–H and O–H groups in total. The summed E-state index contributed by atoms with van der Waals surface area (Å²) in [4.78, 5) is 0. The van der Waals surface area contributed by atoms with Crippen molar-refractivity contribution in [1.82, 2.24) is 0 Å². The highest BCUT2D eigenvalue weighted by Gasteiger charge is 1.34. The van der Waals surface area contributed by atoms with Crippen molar-refractivity contribution >= 4 is 0 Å². The molecule has 4 nitrogen and oxygen atoms in total. The Morgan fingerprint density at radius 1 is 2.00 bits per heavy atom. The molecule has 4 heteroatoms. The van der Waals surface area contributed by atoms with E-state index in [1.807, 2.05) is 0 Å². The quantitative estimate of drug-likeness (QED) is 0.344. The maximum atomic E-state index is 8.11. The largest absolute Gasteiger partial charge is 0.463 e. The van der Waals surface area contributed by atoms with E-state index in [1.54, 1.807) is 6.92 Å². The van der Waals surface area contributed by atoms with Crippen LogP contribution in [0.5, 0.6) is 0 Å². The van der Waals surface area contributed by atoms with Crippen molar-refractivity contribution in [2.24, 2.45) is 0 Å². The summed E-state index contributed by atoms with van der Waals surface area (Å²) in [6.45, 7) is 1.93. The summed E-state index contributed by atoms with van der Waals surface area (Å²) < 4.78 is 0. The van der Waals surface area contributed by atoms with Gasteiger partial charge in [0.1, 0.15) is 0 Å². The molecule has 0 aliphatic rings. The zero-order valence-corrected chi connectivity index (χ0v) is 3.46. The van der Waals surface area contributed by atoms with Gasteiger partial charge in [0.05, 0.1) is 0 Å². The number of aliphatic hydroxyl groups is 1. The first kappa shape index (κ1) is 8.95. The Hall–Kier alpha value is -0.820. The minimum atomic E-state index is 0.250. The second kappa shape index (κ2) is 30.4. The van der Waals surface area contributed by atoms with E-state index >= 15 is 0 Å². The molecular formula is C2H6N2O2. The zero-order chi connectivity index (χ0) is 5.41. The van der Waals surface area contributed by atoms with E-state index < -0.39 is 0 Å². The van der Waals surface area contributed by atoms with E-state index in [0.717, 1.165) is 0 Å². The molecule has 0 aliphatic carbocycles. The maximum Gasteiger partial charge on any atom is 0.237 e. The van der Waals surface area contributed by atoms with Crippen molar-refractivity contribution in [3.05, 3.63) is 10.3 Å². The second-order valence-corrected chi connectivity index (χ2v) is 0.398. The summed E-state index contributed by atoms with van der Waals surface area (Å²) >= 11 is 0. The molecule has 0 radical (unpaired) electrons. The van der Waals surface area contributed by atoms with Crippen LogP contribution in [0.4, 0.5) is 0 Å². The van der Waals surface area contributed by atoms with Crippen molar-refractivity contribution in [2.75, 3.05) is 6.61 Å². The van der Waals surface area contributed by atoms with E-state index in [9.17, 15) is 0 Å². The molecule has 0 aromatic carbocycles. The van der Waals surface area contributed by atoms with Crippen LogP contribution >= 0.6 is 0 Å². The van der Waals surface area contributed by atoms with Crippen molar-refractivity contribution in [3.63, 3.8) is 0 Å². The Labute approximate surface area is 35.6 Å². The Bertz CT molecular complexity index is 39.3. The summed E-state index contributed by atoms with van der Waals surface area (Å²) in [5, 5.41) is 23.6. The molecule has 0 aromatic heterocycles. The van der Waals surface area contributed by atoms with E-state index in [1.165, 1.54) is 5.14 Å². The van der Waals surface area contributed by atoms with Gasteiger partial charge in [-0.3, -0.25) is 0 Å². The van der Waals surface area contributed by atoms with Crippen molar-refractivity contribution in [1.29, 1.82) is 5.39 Å². The highest BCUT2D eigenvalue weighted by molar-refractivity contribution is 4.43. The molecule has 0 aromatic rings. The van der Waals surface area contributed by atoms with Gasteiger partial charge in [0, 0.05) is 6.61 Å². The fraction of sp³-hybridized carbons (Fsp3) is 1.00. The lowest BCUT2D eigenvalue weighted by Crippen LogP contribution is -1.57. The van der Waals surface area contributed by atoms with Gasteiger partial charge in [-0.15, -0.1) is 0 Å². The first-order chi connectivity index (χ1) is 2.83. The molecule has 0 saturated heterocycles. The SMILES string of the molecule is CCO.N#[N+][O-].